The molecule has 204 valence electrons. The molecular weight excluding hydrogens is 530 g/mol. The third kappa shape index (κ3) is 8.23. The number of benzene rings is 3. The van der Waals surface area contributed by atoms with Gasteiger partial charge in [0.1, 0.15) is 5.69 Å². The monoisotopic (exact) mass is 557 g/mol. The Bertz CT molecular complexity index is 1460. The van der Waals surface area contributed by atoms with Crippen molar-refractivity contribution in [3.8, 4) is 11.1 Å². The second-order valence-corrected chi connectivity index (χ2v) is 9.58. The van der Waals surface area contributed by atoms with Crippen LogP contribution in [0.4, 0.5) is 9.93 Å². The predicted octanol–water partition coefficient (Wildman–Crippen LogP) is 4.19. The summed E-state index contributed by atoms with van der Waals surface area (Å²) in [6.45, 7) is -0.0462. The Morgan fingerprint density at radius 3 is 2.15 bits per heavy atom. The summed E-state index contributed by atoms with van der Waals surface area (Å²) in [6.07, 6.45) is -0.322. The Labute approximate surface area is 234 Å². The van der Waals surface area contributed by atoms with E-state index in [-0.39, 0.29) is 23.8 Å². The smallest absolute Gasteiger partial charge is 0.321 e. The molecule has 0 fully saturated rings. The molecule has 0 spiro atoms. The molecule has 0 aliphatic rings. The molecule has 0 bridgehead atoms. The van der Waals surface area contributed by atoms with E-state index < -0.39 is 29.9 Å². The summed E-state index contributed by atoms with van der Waals surface area (Å²) >= 11 is 1.07. The number of amides is 4. The second kappa shape index (κ2) is 13.7. The van der Waals surface area contributed by atoms with Gasteiger partial charge in [-0.3, -0.25) is 19.7 Å². The molecule has 11 heteroatoms. The molecule has 4 aromatic rings. The standard InChI is InChI=1S/C29H27N5O5S/c35-25(32-23(15-26(36)37)22-13-11-21(12-14-22)20-9-5-2-6-10-20)17-30-27(38)24-18-40-29(33-24)34-28(39)31-16-19-7-3-1-4-8-19/h1-14,18,23H,15-17H2,(H,30,38)(H,32,35)(H,36,37)(H2,31,33,34,39). The van der Waals surface area contributed by atoms with Gasteiger partial charge in [-0.25, -0.2) is 9.78 Å². The van der Waals surface area contributed by atoms with Crippen molar-refractivity contribution in [2.75, 3.05) is 11.9 Å². The number of aromatic nitrogens is 1. The van der Waals surface area contributed by atoms with Crippen LogP contribution in [-0.2, 0) is 16.1 Å². The maximum atomic E-state index is 12.6. The highest BCUT2D eigenvalue weighted by Crippen LogP contribution is 2.23. The van der Waals surface area contributed by atoms with E-state index in [1.54, 1.807) is 12.1 Å². The van der Waals surface area contributed by atoms with E-state index in [9.17, 15) is 24.3 Å². The Morgan fingerprint density at radius 2 is 1.48 bits per heavy atom. The van der Waals surface area contributed by atoms with Gasteiger partial charge in [0.25, 0.3) is 5.91 Å². The van der Waals surface area contributed by atoms with Crippen LogP contribution in [0, 0.1) is 0 Å². The maximum absolute atomic E-state index is 12.6. The Morgan fingerprint density at radius 1 is 0.825 bits per heavy atom. The minimum absolute atomic E-state index is 0.0368. The largest absolute Gasteiger partial charge is 0.481 e. The molecular formula is C29H27N5O5S. The molecule has 0 aliphatic carbocycles. The number of thiazole rings is 1. The number of carboxylic acid groups (broad SMARTS) is 1. The van der Waals surface area contributed by atoms with E-state index in [0.29, 0.717) is 12.1 Å². The van der Waals surface area contributed by atoms with Gasteiger partial charge in [-0.1, -0.05) is 84.9 Å². The fourth-order valence-corrected chi connectivity index (χ4v) is 4.50. The van der Waals surface area contributed by atoms with Crippen molar-refractivity contribution in [3.05, 3.63) is 107 Å². The van der Waals surface area contributed by atoms with Gasteiger partial charge in [0, 0.05) is 11.9 Å². The summed E-state index contributed by atoms with van der Waals surface area (Å²) in [4.78, 5) is 52.7. The topological polar surface area (TPSA) is 150 Å². The zero-order valence-corrected chi connectivity index (χ0v) is 22.1. The number of nitrogens with zero attached hydrogens (tertiary/aromatic N) is 1. The highest BCUT2D eigenvalue weighted by atomic mass is 32.1. The summed E-state index contributed by atoms with van der Waals surface area (Å²) in [5, 5.41) is 21.5. The molecule has 0 saturated heterocycles. The van der Waals surface area contributed by atoms with Gasteiger partial charge in [0.15, 0.2) is 5.13 Å². The number of hydrogen-bond acceptors (Lipinski definition) is 6. The predicted molar refractivity (Wildman–Crippen MR) is 152 cm³/mol. The molecule has 1 unspecified atom stereocenters. The highest BCUT2D eigenvalue weighted by Gasteiger charge is 2.19. The number of aliphatic carboxylic acids is 1. The lowest BCUT2D eigenvalue weighted by Gasteiger charge is -2.18. The quantitative estimate of drug-likeness (QED) is 0.187. The fourth-order valence-electron chi connectivity index (χ4n) is 3.82. The number of carboxylic acids is 1. The van der Waals surface area contributed by atoms with Crippen molar-refractivity contribution in [2.24, 2.45) is 0 Å². The van der Waals surface area contributed by atoms with E-state index in [0.717, 1.165) is 28.0 Å². The second-order valence-electron chi connectivity index (χ2n) is 8.72. The van der Waals surface area contributed by atoms with Gasteiger partial charge >= 0.3 is 12.0 Å². The number of urea groups is 1. The minimum Gasteiger partial charge on any atom is -0.481 e. The van der Waals surface area contributed by atoms with Gasteiger partial charge in [-0.15, -0.1) is 11.3 Å². The molecule has 4 amide bonds. The van der Waals surface area contributed by atoms with Crippen molar-refractivity contribution in [3.63, 3.8) is 0 Å². The van der Waals surface area contributed by atoms with Gasteiger partial charge in [0.2, 0.25) is 5.91 Å². The maximum Gasteiger partial charge on any atom is 0.321 e. The molecule has 1 aromatic heterocycles. The van der Waals surface area contributed by atoms with E-state index in [1.807, 2.05) is 72.8 Å². The molecule has 4 rings (SSSR count). The zero-order valence-electron chi connectivity index (χ0n) is 21.3. The van der Waals surface area contributed by atoms with Crippen molar-refractivity contribution >= 4 is 40.3 Å². The van der Waals surface area contributed by atoms with E-state index in [2.05, 4.69) is 26.3 Å². The normalized spacial score (nSPS) is 11.2. The number of carbonyl (C=O) groups is 4. The molecule has 40 heavy (non-hydrogen) atoms. The van der Waals surface area contributed by atoms with Gasteiger partial charge in [0.05, 0.1) is 19.0 Å². The lowest BCUT2D eigenvalue weighted by Crippen LogP contribution is -2.39. The average molecular weight is 558 g/mol. The van der Waals surface area contributed by atoms with Crippen molar-refractivity contribution in [2.45, 2.75) is 19.0 Å². The first-order valence-corrected chi connectivity index (χ1v) is 13.2. The summed E-state index contributed by atoms with van der Waals surface area (Å²) < 4.78 is 0. The number of hydrogen-bond donors (Lipinski definition) is 5. The molecule has 0 saturated carbocycles. The Balaban J connectivity index is 1.27. The third-order valence-electron chi connectivity index (χ3n) is 5.80. The average Bonchev–Trinajstić information content (AvgIpc) is 3.44. The number of carbonyl (C=O) groups excluding carboxylic acids is 3. The van der Waals surface area contributed by atoms with Crippen LogP contribution in [0.5, 0.6) is 0 Å². The molecule has 3 aromatic carbocycles. The summed E-state index contributed by atoms with van der Waals surface area (Å²) in [5.74, 6) is -2.23. The van der Waals surface area contributed by atoms with Gasteiger partial charge in [-0.2, -0.15) is 0 Å². The van der Waals surface area contributed by atoms with Crippen LogP contribution in [-0.4, -0.2) is 40.5 Å². The lowest BCUT2D eigenvalue weighted by molar-refractivity contribution is -0.137. The Hall–Kier alpha value is -5.03. The summed E-state index contributed by atoms with van der Waals surface area (Å²) in [7, 11) is 0. The van der Waals surface area contributed by atoms with Crippen LogP contribution in [0.3, 0.4) is 0 Å². The van der Waals surface area contributed by atoms with Crippen LogP contribution in [0.1, 0.15) is 34.1 Å². The van der Waals surface area contributed by atoms with E-state index >= 15 is 0 Å². The van der Waals surface area contributed by atoms with Crippen molar-refractivity contribution in [1.29, 1.82) is 0 Å². The van der Waals surface area contributed by atoms with E-state index in [4.69, 9.17) is 0 Å². The first kappa shape index (κ1) is 28.0. The van der Waals surface area contributed by atoms with Crippen LogP contribution in [0.15, 0.2) is 90.3 Å². The minimum atomic E-state index is -1.07. The number of nitrogens with one attached hydrogen (secondary N) is 4. The lowest BCUT2D eigenvalue weighted by atomic mass is 9.99. The highest BCUT2D eigenvalue weighted by molar-refractivity contribution is 7.14. The van der Waals surface area contributed by atoms with Crippen LogP contribution in [0.2, 0.25) is 0 Å². The molecule has 0 aliphatic heterocycles. The third-order valence-corrected chi connectivity index (χ3v) is 6.55. The molecule has 0 radical (unpaired) electrons. The molecule has 10 nitrogen and oxygen atoms in total. The zero-order chi connectivity index (χ0) is 28.3. The van der Waals surface area contributed by atoms with Crippen LogP contribution < -0.4 is 21.3 Å². The molecule has 5 N–H and O–H groups in total. The SMILES string of the molecule is O=C(O)CC(NC(=O)CNC(=O)c1csc(NC(=O)NCc2ccccc2)n1)c1ccc(-c2ccccc2)cc1. The van der Waals surface area contributed by atoms with Crippen LogP contribution >= 0.6 is 11.3 Å². The molecule has 1 atom stereocenters. The first-order valence-electron chi connectivity index (χ1n) is 12.4. The van der Waals surface area contributed by atoms with Crippen LogP contribution in [0.25, 0.3) is 11.1 Å². The summed E-state index contributed by atoms with van der Waals surface area (Å²) in [5.41, 5.74) is 3.58. The molecule has 1 heterocycles. The van der Waals surface area contributed by atoms with Crippen molar-refractivity contribution < 1.29 is 24.3 Å². The van der Waals surface area contributed by atoms with E-state index in [1.165, 1.54) is 5.38 Å². The Kier molecular flexibility index (Phi) is 9.57. The van der Waals surface area contributed by atoms with Gasteiger partial charge in [-0.05, 0) is 22.3 Å². The summed E-state index contributed by atoms with van der Waals surface area (Å²) in [6, 6.07) is 25.1. The number of rotatable bonds is 11. The first-order chi connectivity index (χ1) is 19.4. The fraction of sp³-hybridized carbons (Fsp3) is 0.138. The van der Waals surface area contributed by atoms with Gasteiger partial charge < -0.3 is 21.1 Å². The number of anilines is 1. The van der Waals surface area contributed by atoms with Crippen molar-refractivity contribution in [1.82, 2.24) is 20.9 Å².